The van der Waals surface area contributed by atoms with E-state index in [0.717, 1.165) is 4.90 Å². The summed E-state index contributed by atoms with van der Waals surface area (Å²) in [5, 5.41) is 34.2. The molecule has 2 aliphatic heterocycles. The van der Waals surface area contributed by atoms with E-state index in [9.17, 15) is 29.7 Å². The molecule has 2 atom stereocenters. The first kappa shape index (κ1) is 28.7. The van der Waals surface area contributed by atoms with E-state index in [1.165, 1.54) is 37.3 Å². The molecule has 2 aromatic rings. The molecular weight excluding hydrogens is 546 g/mol. The summed E-state index contributed by atoms with van der Waals surface area (Å²) < 4.78 is 1.71. The molecule has 0 saturated carbocycles. The van der Waals surface area contributed by atoms with Crippen molar-refractivity contribution in [3.05, 3.63) is 47.9 Å². The fourth-order valence-corrected chi connectivity index (χ4v) is 5.60. The van der Waals surface area contributed by atoms with Crippen LogP contribution in [0.4, 0.5) is 11.6 Å². The first-order valence-electron chi connectivity index (χ1n) is 12.0. The van der Waals surface area contributed by atoms with Gasteiger partial charge in [0.2, 0.25) is 11.9 Å². The van der Waals surface area contributed by atoms with Crippen molar-refractivity contribution in [1.82, 2.24) is 25.2 Å². The highest BCUT2D eigenvalue weighted by Crippen LogP contribution is 2.40. The number of aliphatic carboxylic acids is 1. The number of aliphatic hydroxyl groups excluding tert-OH is 2. The molecule has 16 nitrogen and oxygen atoms in total. The van der Waals surface area contributed by atoms with Gasteiger partial charge >= 0.3 is 5.97 Å². The third kappa shape index (κ3) is 5.95. The summed E-state index contributed by atoms with van der Waals surface area (Å²) in [4.78, 5) is 58.2. The zero-order chi connectivity index (χ0) is 28.8. The number of hydrogen-bond donors (Lipinski definition) is 5. The molecule has 40 heavy (non-hydrogen) atoms. The number of amides is 2. The number of β-lactam (4-membered cyclic amide) rings is 1. The molecule has 0 aromatic carbocycles. The van der Waals surface area contributed by atoms with Crippen molar-refractivity contribution < 1.29 is 39.1 Å². The number of nitrogens with zero attached hydrogens (tertiary/aromatic N) is 7. The number of nitrogens with two attached hydrogens (primary N) is 1. The highest BCUT2D eigenvalue weighted by atomic mass is 32.2. The van der Waals surface area contributed by atoms with Crippen LogP contribution in [0, 0.1) is 0 Å². The number of thioether (sulfide) groups is 1. The van der Waals surface area contributed by atoms with Gasteiger partial charge in [0.15, 0.2) is 24.4 Å². The lowest BCUT2D eigenvalue weighted by atomic mass is 10.0. The lowest BCUT2D eigenvalue weighted by Gasteiger charge is -2.49. The zero-order valence-corrected chi connectivity index (χ0v) is 22.2. The molecular formula is C23H28N9O7S+. The lowest BCUT2D eigenvalue weighted by molar-refractivity contribution is -0.688. The van der Waals surface area contributed by atoms with E-state index in [1.54, 1.807) is 21.9 Å². The molecule has 1 fully saturated rings. The summed E-state index contributed by atoms with van der Waals surface area (Å²) in [7, 11) is 1.23. The normalized spacial score (nSPS) is 18.6. The summed E-state index contributed by atoms with van der Waals surface area (Å²) in [6, 6.07) is 0.419. The second-order valence-corrected chi connectivity index (χ2v) is 9.67. The number of hydrogen-bond acceptors (Lipinski definition) is 13. The van der Waals surface area contributed by atoms with Crippen LogP contribution in [0.5, 0.6) is 0 Å². The first-order chi connectivity index (χ1) is 19.3. The Bertz CT molecular complexity index is 1350. The van der Waals surface area contributed by atoms with Crippen molar-refractivity contribution in [2.75, 3.05) is 49.8 Å². The van der Waals surface area contributed by atoms with Gasteiger partial charge in [-0.15, -0.1) is 11.8 Å². The number of aliphatic hydroxyl groups is 2. The minimum Gasteiger partial charge on any atom is -0.477 e. The Morgan fingerprint density at radius 3 is 2.70 bits per heavy atom. The fraction of sp³-hybridized carbons (Fsp3) is 0.391. The van der Waals surface area contributed by atoms with E-state index in [1.807, 2.05) is 0 Å². The van der Waals surface area contributed by atoms with E-state index < -0.39 is 29.2 Å². The minimum absolute atomic E-state index is 0.0991. The lowest BCUT2D eigenvalue weighted by Crippen LogP contribution is -2.71. The molecule has 6 N–H and O–H groups in total. The SMILES string of the molecule is CON=C(C(=O)NC1C(=O)N2C(C(=O)O)=C(C[n+]3ccnc(N(CCO)CCO)c3)CS[C@@H]12)c1nccc(N)n1. The molecule has 4 heterocycles. The first-order valence-corrected chi connectivity index (χ1v) is 13.1. The Morgan fingerprint density at radius 2 is 2.05 bits per heavy atom. The van der Waals surface area contributed by atoms with E-state index in [4.69, 9.17) is 10.6 Å². The average Bonchev–Trinajstić information content (AvgIpc) is 2.94. The summed E-state index contributed by atoms with van der Waals surface area (Å²) >= 11 is 1.31. The molecule has 2 aliphatic rings. The predicted octanol–water partition coefficient (Wildman–Crippen LogP) is -2.68. The topological polar surface area (TPSA) is 221 Å². The molecule has 1 saturated heterocycles. The van der Waals surface area contributed by atoms with Gasteiger partial charge < -0.3 is 36.1 Å². The summed E-state index contributed by atoms with van der Waals surface area (Å²) in [6.45, 7) is 0.398. The van der Waals surface area contributed by atoms with Gasteiger partial charge in [-0.2, -0.15) is 4.57 Å². The molecule has 1 unspecified atom stereocenters. The smallest absolute Gasteiger partial charge is 0.352 e. The van der Waals surface area contributed by atoms with Gasteiger partial charge in [0.25, 0.3) is 11.8 Å². The Labute approximate surface area is 232 Å². The number of nitrogens with one attached hydrogen (secondary N) is 1. The van der Waals surface area contributed by atoms with Crippen molar-refractivity contribution in [2.24, 2.45) is 5.16 Å². The molecule has 17 heteroatoms. The Balaban J connectivity index is 1.53. The number of oxime groups is 1. The highest BCUT2D eigenvalue weighted by Gasteiger charge is 2.54. The number of carbonyl (C=O) groups is 3. The summed E-state index contributed by atoms with van der Waals surface area (Å²) in [5.74, 6) is -1.88. The maximum absolute atomic E-state index is 13.1. The quantitative estimate of drug-likeness (QED) is 0.0756. The standard InChI is InChI=1S/C23H27N9O7S/c1-39-29-16(19-26-3-2-14(24)27-19)20(35)28-17-21(36)32-18(23(37)38)13(12-40-22(17)32)10-30-5-4-25-15(11-30)31(6-8-33)7-9-34/h2-5,11,17,22,33-34H,6-10,12H2,1H3,(H3-,24,26,27,28,35,37,38)/p+1/t17?,22-/m0/s1. The van der Waals surface area contributed by atoms with E-state index in [0.29, 0.717) is 11.4 Å². The van der Waals surface area contributed by atoms with Crippen LogP contribution in [0.25, 0.3) is 0 Å². The van der Waals surface area contributed by atoms with Crippen molar-refractivity contribution in [2.45, 2.75) is 18.0 Å². The van der Waals surface area contributed by atoms with Crippen LogP contribution in [0.1, 0.15) is 5.82 Å². The molecule has 4 rings (SSSR count). The number of nitrogen functional groups attached to an aromatic ring is 1. The molecule has 2 amide bonds. The number of carboxylic acids is 1. The van der Waals surface area contributed by atoms with E-state index in [-0.39, 0.29) is 61.7 Å². The van der Waals surface area contributed by atoms with Gasteiger partial charge in [-0.3, -0.25) is 14.5 Å². The number of fused-ring (bicyclic) bond motifs is 1. The van der Waals surface area contributed by atoms with Crippen LogP contribution in [0.2, 0.25) is 0 Å². The predicted molar refractivity (Wildman–Crippen MR) is 140 cm³/mol. The van der Waals surface area contributed by atoms with Gasteiger partial charge in [0.05, 0.1) is 19.4 Å². The molecule has 2 aromatic heterocycles. The van der Waals surface area contributed by atoms with Crippen LogP contribution in [0.15, 0.2) is 47.3 Å². The minimum atomic E-state index is -1.27. The number of rotatable bonds is 12. The second kappa shape index (κ2) is 12.7. The average molecular weight is 575 g/mol. The maximum Gasteiger partial charge on any atom is 0.352 e. The highest BCUT2D eigenvalue weighted by molar-refractivity contribution is 8.00. The Morgan fingerprint density at radius 1 is 1.30 bits per heavy atom. The summed E-state index contributed by atoms with van der Waals surface area (Å²) in [5.41, 5.74) is 5.71. The fourth-order valence-electron chi connectivity index (χ4n) is 4.26. The largest absolute Gasteiger partial charge is 0.477 e. The van der Waals surface area contributed by atoms with Gasteiger partial charge in [-0.1, -0.05) is 5.16 Å². The van der Waals surface area contributed by atoms with Crippen molar-refractivity contribution in [3.8, 4) is 0 Å². The van der Waals surface area contributed by atoms with E-state index >= 15 is 0 Å². The van der Waals surface area contributed by atoms with Crippen molar-refractivity contribution in [1.29, 1.82) is 0 Å². The van der Waals surface area contributed by atoms with Crippen molar-refractivity contribution >= 4 is 46.9 Å². The number of aromatic nitrogens is 4. The third-order valence-corrected chi connectivity index (χ3v) is 7.35. The maximum atomic E-state index is 13.1. The Kier molecular flexibility index (Phi) is 9.08. The molecule has 0 bridgehead atoms. The zero-order valence-electron chi connectivity index (χ0n) is 21.4. The van der Waals surface area contributed by atoms with E-state index in [2.05, 4.69) is 25.4 Å². The number of anilines is 2. The molecule has 0 aliphatic carbocycles. The number of carboxylic acid groups (broad SMARTS) is 1. The van der Waals surface area contributed by atoms with Crippen LogP contribution in [-0.4, -0.2) is 109 Å². The Hall–Kier alpha value is -4.35. The van der Waals surface area contributed by atoms with Gasteiger partial charge in [-0.25, -0.2) is 19.7 Å². The third-order valence-electron chi connectivity index (χ3n) is 6.01. The van der Waals surface area contributed by atoms with Gasteiger partial charge in [0, 0.05) is 30.6 Å². The molecule has 0 radical (unpaired) electrons. The summed E-state index contributed by atoms with van der Waals surface area (Å²) in [6.07, 6.45) is 6.19. The van der Waals surface area contributed by atoms with Gasteiger partial charge in [-0.05, 0) is 6.07 Å². The van der Waals surface area contributed by atoms with Crippen molar-refractivity contribution in [3.63, 3.8) is 0 Å². The van der Waals surface area contributed by atoms with Crippen LogP contribution in [-0.2, 0) is 25.8 Å². The monoisotopic (exact) mass is 574 g/mol. The number of carbonyl (C=O) groups excluding carboxylic acids is 2. The second-order valence-electron chi connectivity index (χ2n) is 8.57. The van der Waals surface area contributed by atoms with Crippen LogP contribution in [0.3, 0.4) is 0 Å². The molecule has 0 spiro atoms. The van der Waals surface area contributed by atoms with Crippen LogP contribution >= 0.6 is 11.8 Å². The molecule has 212 valence electrons. The van der Waals surface area contributed by atoms with Gasteiger partial charge in [0.1, 0.15) is 30.0 Å². The van der Waals surface area contributed by atoms with Crippen LogP contribution < -0.4 is 20.5 Å².